The molecule has 1 amide bonds. The third kappa shape index (κ3) is 4.79. The van der Waals surface area contributed by atoms with Crippen LogP contribution < -0.4 is 11.1 Å². The number of thioether (sulfide) groups is 1. The van der Waals surface area contributed by atoms with Crippen LogP contribution in [0.2, 0.25) is 0 Å². The summed E-state index contributed by atoms with van der Waals surface area (Å²) in [6.07, 6.45) is 0. The minimum atomic E-state index is -0.304. The lowest BCUT2D eigenvalue weighted by Crippen LogP contribution is -2.25. The van der Waals surface area contributed by atoms with Gasteiger partial charge in [0, 0.05) is 6.54 Å². The summed E-state index contributed by atoms with van der Waals surface area (Å²) in [6, 6.07) is 5.89. The number of amidine groups is 1. The van der Waals surface area contributed by atoms with Gasteiger partial charge in [-0.3, -0.25) is 10.2 Å². The maximum Gasteiger partial charge on any atom is 0.230 e. The first-order chi connectivity index (χ1) is 7.58. The first-order valence-corrected chi connectivity index (χ1v) is 5.54. The molecule has 1 aromatic rings. The molecule has 0 heterocycles. The highest BCUT2D eigenvalue weighted by atomic mass is 32.2. The van der Waals surface area contributed by atoms with E-state index in [1.54, 1.807) is 12.1 Å². The average molecular weight is 241 g/mol. The smallest absolute Gasteiger partial charge is 0.230 e. The van der Waals surface area contributed by atoms with Crippen molar-refractivity contribution in [1.29, 1.82) is 5.41 Å². The molecule has 4 N–H and O–H groups in total. The SMILES string of the molecule is N=C(N)SCC(=O)NCc1ccc(F)cc1. The van der Waals surface area contributed by atoms with Gasteiger partial charge in [-0.2, -0.15) is 0 Å². The van der Waals surface area contributed by atoms with Gasteiger partial charge in [-0.1, -0.05) is 23.9 Å². The number of hydrogen-bond acceptors (Lipinski definition) is 3. The van der Waals surface area contributed by atoms with E-state index in [4.69, 9.17) is 11.1 Å². The predicted molar refractivity (Wildman–Crippen MR) is 62.6 cm³/mol. The molecule has 0 aliphatic rings. The van der Waals surface area contributed by atoms with Crippen molar-refractivity contribution in [2.24, 2.45) is 5.73 Å². The van der Waals surface area contributed by atoms with Crippen molar-refractivity contribution in [3.8, 4) is 0 Å². The van der Waals surface area contributed by atoms with E-state index in [1.165, 1.54) is 12.1 Å². The second kappa shape index (κ2) is 6.12. The maximum absolute atomic E-state index is 12.6. The molecule has 0 fully saturated rings. The summed E-state index contributed by atoms with van der Waals surface area (Å²) in [5, 5.41) is 9.48. The number of nitrogens with one attached hydrogen (secondary N) is 2. The van der Waals surface area contributed by atoms with Gasteiger partial charge in [-0.25, -0.2) is 4.39 Å². The Kier molecular flexibility index (Phi) is 4.78. The van der Waals surface area contributed by atoms with Gasteiger partial charge in [-0.05, 0) is 17.7 Å². The number of benzene rings is 1. The first-order valence-electron chi connectivity index (χ1n) is 4.56. The zero-order chi connectivity index (χ0) is 12.0. The van der Waals surface area contributed by atoms with Crippen LogP contribution in [0.1, 0.15) is 5.56 Å². The number of carbonyl (C=O) groups is 1. The van der Waals surface area contributed by atoms with E-state index >= 15 is 0 Å². The fourth-order valence-electron chi connectivity index (χ4n) is 0.997. The van der Waals surface area contributed by atoms with Gasteiger partial charge in [0.15, 0.2) is 5.17 Å². The number of nitrogens with two attached hydrogens (primary N) is 1. The van der Waals surface area contributed by atoms with Crippen LogP contribution in [0.5, 0.6) is 0 Å². The molecule has 16 heavy (non-hydrogen) atoms. The van der Waals surface area contributed by atoms with Crippen molar-refractivity contribution in [1.82, 2.24) is 5.32 Å². The Hall–Kier alpha value is -1.56. The van der Waals surface area contributed by atoms with Crippen molar-refractivity contribution in [3.05, 3.63) is 35.6 Å². The molecular formula is C10H12FN3OS. The normalized spacial score (nSPS) is 9.81. The minimum absolute atomic E-state index is 0.0862. The van der Waals surface area contributed by atoms with Crippen molar-refractivity contribution in [2.45, 2.75) is 6.54 Å². The van der Waals surface area contributed by atoms with Crippen molar-refractivity contribution in [2.75, 3.05) is 5.75 Å². The molecule has 86 valence electrons. The molecule has 0 spiro atoms. The van der Waals surface area contributed by atoms with Gasteiger partial charge in [0.1, 0.15) is 5.82 Å². The first kappa shape index (κ1) is 12.5. The molecule has 4 nitrogen and oxygen atoms in total. The summed E-state index contributed by atoms with van der Waals surface area (Å²) in [5.41, 5.74) is 5.91. The van der Waals surface area contributed by atoms with Gasteiger partial charge in [0.05, 0.1) is 5.75 Å². The minimum Gasteiger partial charge on any atom is -0.379 e. The van der Waals surface area contributed by atoms with Crippen LogP contribution in [0.15, 0.2) is 24.3 Å². The van der Waals surface area contributed by atoms with Crippen LogP contribution in [0.25, 0.3) is 0 Å². The van der Waals surface area contributed by atoms with Crippen LogP contribution in [0, 0.1) is 11.2 Å². The third-order valence-electron chi connectivity index (χ3n) is 1.76. The van der Waals surface area contributed by atoms with Crippen molar-refractivity contribution < 1.29 is 9.18 Å². The molecule has 0 saturated heterocycles. The molecule has 1 rings (SSSR count). The maximum atomic E-state index is 12.6. The van der Waals surface area contributed by atoms with Crippen LogP contribution in [0.3, 0.4) is 0 Å². The average Bonchev–Trinajstić information content (AvgIpc) is 2.25. The largest absolute Gasteiger partial charge is 0.379 e. The number of rotatable bonds is 4. The van der Waals surface area contributed by atoms with E-state index in [0.29, 0.717) is 6.54 Å². The van der Waals surface area contributed by atoms with Gasteiger partial charge in [0.25, 0.3) is 0 Å². The van der Waals surface area contributed by atoms with E-state index in [0.717, 1.165) is 17.3 Å². The fourth-order valence-corrected chi connectivity index (χ4v) is 1.39. The summed E-state index contributed by atoms with van der Waals surface area (Å²) in [7, 11) is 0. The Balaban J connectivity index is 2.31. The zero-order valence-corrected chi connectivity index (χ0v) is 9.31. The number of carbonyl (C=O) groups excluding carboxylic acids is 1. The summed E-state index contributed by atoms with van der Waals surface area (Å²) in [4.78, 5) is 11.2. The molecule has 1 aromatic carbocycles. The Bertz CT molecular complexity index is 380. The monoisotopic (exact) mass is 241 g/mol. The number of halogens is 1. The molecule has 6 heteroatoms. The Labute approximate surface area is 96.9 Å². The van der Waals surface area contributed by atoms with E-state index < -0.39 is 0 Å². The highest BCUT2D eigenvalue weighted by Gasteiger charge is 2.02. The zero-order valence-electron chi connectivity index (χ0n) is 8.50. The second-order valence-corrected chi connectivity index (χ2v) is 4.07. The quantitative estimate of drug-likeness (QED) is 0.545. The van der Waals surface area contributed by atoms with Crippen LogP contribution in [-0.4, -0.2) is 16.8 Å². The Morgan fingerprint density at radius 2 is 2.06 bits per heavy atom. The third-order valence-corrected chi connectivity index (χ3v) is 2.48. The van der Waals surface area contributed by atoms with Crippen LogP contribution in [-0.2, 0) is 11.3 Å². The lowest BCUT2D eigenvalue weighted by molar-refractivity contribution is -0.118. The highest BCUT2D eigenvalue weighted by Crippen LogP contribution is 2.02. The van der Waals surface area contributed by atoms with E-state index in [-0.39, 0.29) is 22.6 Å². The fraction of sp³-hybridized carbons (Fsp3) is 0.200. The molecule has 0 unspecified atom stereocenters. The number of hydrogen-bond donors (Lipinski definition) is 3. The second-order valence-electron chi connectivity index (χ2n) is 3.06. The van der Waals surface area contributed by atoms with Crippen LogP contribution >= 0.6 is 11.8 Å². The molecule has 0 bridgehead atoms. The molecule has 0 saturated carbocycles. The van der Waals surface area contributed by atoms with E-state index in [2.05, 4.69) is 5.32 Å². The lowest BCUT2D eigenvalue weighted by Gasteiger charge is -2.04. The topological polar surface area (TPSA) is 79.0 Å². The molecular weight excluding hydrogens is 229 g/mol. The summed E-state index contributed by atoms with van der Waals surface area (Å²) in [6.45, 7) is 0.345. The van der Waals surface area contributed by atoms with Crippen LogP contribution in [0.4, 0.5) is 4.39 Å². The van der Waals surface area contributed by atoms with Crippen molar-refractivity contribution in [3.63, 3.8) is 0 Å². The van der Waals surface area contributed by atoms with Gasteiger partial charge >= 0.3 is 0 Å². The molecule has 0 aromatic heterocycles. The van der Waals surface area contributed by atoms with E-state index in [9.17, 15) is 9.18 Å². The van der Waals surface area contributed by atoms with E-state index in [1.807, 2.05) is 0 Å². The molecule has 0 aliphatic carbocycles. The Morgan fingerprint density at radius 1 is 1.44 bits per heavy atom. The summed E-state index contributed by atoms with van der Waals surface area (Å²) >= 11 is 0.966. The van der Waals surface area contributed by atoms with Gasteiger partial charge in [0.2, 0.25) is 5.91 Å². The Morgan fingerprint density at radius 3 is 2.62 bits per heavy atom. The van der Waals surface area contributed by atoms with Crippen molar-refractivity contribution >= 4 is 22.8 Å². The predicted octanol–water partition coefficient (Wildman–Crippen LogP) is 1.07. The molecule has 0 radical (unpaired) electrons. The highest BCUT2D eigenvalue weighted by molar-refractivity contribution is 8.14. The lowest BCUT2D eigenvalue weighted by atomic mass is 10.2. The van der Waals surface area contributed by atoms with Gasteiger partial charge < -0.3 is 11.1 Å². The number of amides is 1. The summed E-state index contributed by atoms with van der Waals surface area (Å²) in [5.74, 6) is -0.386. The summed E-state index contributed by atoms with van der Waals surface area (Å²) < 4.78 is 12.6. The standard InChI is InChI=1S/C10H12FN3OS/c11-8-3-1-7(2-4-8)5-14-9(15)6-16-10(12)13/h1-4H,5-6H2,(H3,12,13)(H,14,15). The molecule has 0 aliphatic heterocycles. The molecule has 0 atom stereocenters. The van der Waals surface area contributed by atoms with Gasteiger partial charge in [-0.15, -0.1) is 0 Å².